The third-order valence-corrected chi connectivity index (χ3v) is 3.54. The maximum Gasteiger partial charge on any atom is 0.253 e. The predicted octanol–water partition coefficient (Wildman–Crippen LogP) is 4.19. The van der Waals surface area contributed by atoms with E-state index in [1.807, 2.05) is 70.3 Å². The van der Waals surface area contributed by atoms with Gasteiger partial charge in [-0.15, -0.1) is 0 Å². The Labute approximate surface area is 126 Å². The molecule has 2 aromatic carbocycles. The Balaban J connectivity index is 2.31. The van der Waals surface area contributed by atoms with Gasteiger partial charge in [-0.1, -0.05) is 18.2 Å². The summed E-state index contributed by atoms with van der Waals surface area (Å²) in [6.45, 7) is 6.56. The summed E-state index contributed by atoms with van der Waals surface area (Å²) in [5.41, 5.74) is 2.62. The van der Waals surface area contributed by atoms with Crippen LogP contribution < -0.4 is 4.74 Å². The van der Waals surface area contributed by atoms with Gasteiger partial charge in [0.2, 0.25) is 0 Å². The van der Waals surface area contributed by atoms with E-state index in [0.717, 1.165) is 28.2 Å². The van der Waals surface area contributed by atoms with Crippen LogP contribution in [0.4, 0.5) is 0 Å². The average molecular weight is 283 g/mol. The van der Waals surface area contributed by atoms with E-state index >= 15 is 0 Å². The number of benzene rings is 2. The third-order valence-electron chi connectivity index (χ3n) is 3.54. The molecule has 0 aromatic heterocycles. The van der Waals surface area contributed by atoms with E-state index in [1.54, 1.807) is 4.90 Å². The Morgan fingerprint density at radius 2 is 1.76 bits per heavy atom. The molecule has 0 unspecified atom stereocenters. The van der Waals surface area contributed by atoms with Gasteiger partial charge in [0.25, 0.3) is 5.91 Å². The highest BCUT2D eigenvalue weighted by atomic mass is 16.5. The van der Waals surface area contributed by atoms with Crippen LogP contribution in [0.25, 0.3) is 0 Å². The summed E-state index contributed by atoms with van der Waals surface area (Å²) < 4.78 is 5.89. The first-order valence-corrected chi connectivity index (χ1v) is 7.12. The molecule has 3 heteroatoms. The number of para-hydroxylation sites is 1. The summed E-state index contributed by atoms with van der Waals surface area (Å²) in [5, 5.41) is 0. The summed E-state index contributed by atoms with van der Waals surface area (Å²) in [6.07, 6.45) is 0. The molecule has 0 atom stereocenters. The minimum Gasteiger partial charge on any atom is -0.457 e. The van der Waals surface area contributed by atoms with E-state index in [0.29, 0.717) is 6.54 Å². The van der Waals surface area contributed by atoms with Crippen molar-refractivity contribution in [3.8, 4) is 11.5 Å². The maximum atomic E-state index is 12.3. The van der Waals surface area contributed by atoms with Crippen LogP contribution in [0.3, 0.4) is 0 Å². The lowest BCUT2D eigenvalue weighted by molar-refractivity contribution is 0.0801. The number of hydrogen-bond donors (Lipinski definition) is 0. The fraction of sp³-hybridized carbons (Fsp3) is 0.278. The summed E-state index contributed by atoms with van der Waals surface area (Å²) in [4.78, 5) is 14.0. The van der Waals surface area contributed by atoms with E-state index in [1.165, 1.54) is 0 Å². The molecular weight excluding hydrogens is 262 g/mol. The quantitative estimate of drug-likeness (QED) is 0.842. The van der Waals surface area contributed by atoms with Gasteiger partial charge in [0.15, 0.2) is 0 Å². The Bertz CT molecular complexity index is 635. The third kappa shape index (κ3) is 3.43. The molecule has 0 bridgehead atoms. The first-order chi connectivity index (χ1) is 10.0. The molecule has 110 valence electrons. The van der Waals surface area contributed by atoms with E-state index < -0.39 is 0 Å². The summed E-state index contributed by atoms with van der Waals surface area (Å²) >= 11 is 0. The van der Waals surface area contributed by atoms with Crippen LogP contribution in [0.5, 0.6) is 11.5 Å². The van der Waals surface area contributed by atoms with Gasteiger partial charge >= 0.3 is 0 Å². The van der Waals surface area contributed by atoms with Gasteiger partial charge in [0, 0.05) is 19.2 Å². The van der Waals surface area contributed by atoms with Crippen LogP contribution in [-0.2, 0) is 0 Å². The molecule has 2 rings (SSSR count). The molecule has 0 N–H and O–H groups in total. The molecule has 21 heavy (non-hydrogen) atoms. The highest BCUT2D eigenvalue weighted by Gasteiger charge is 2.15. The molecule has 0 radical (unpaired) electrons. The number of hydrogen-bond acceptors (Lipinski definition) is 2. The number of amides is 1. The van der Waals surface area contributed by atoms with Crippen molar-refractivity contribution in [1.82, 2.24) is 4.90 Å². The minimum absolute atomic E-state index is 0.0457. The second-order valence-corrected chi connectivity index (χ2v) is 5.17. The van der Waals surface area contributed by atoms with Crippen LogP contribution in [0.15, 0.2) is 42.5 Å². The fourth-order valence-corrected chi connectivity index (χ4v) is 2.09. The van der Waals surface area contributed by atoms with Gasteiger partial charge in [0.1, 0.15) is 11.5 Å². The molecule has 2 aromatic rings. The number of aryl methyl sites for hydroxylation is 2. The van der Waals surface area contributed by atoms with Crippen LogP contribution >= 0.6 is 0 Å². The van der Waals surface area contributed by atoms with Crippen molar-refractivity contribution >= 4 is 5.91 Å². The Morgan fingerprint density at radius 3 is 2.38 bits per heavy atom. The van der Waals surface area contributed by atoms with Crippen molar-refractivity contribution < 1.29 is 9.53 Å². The molecule has 0 saturated heterocycles. The molecule has 0 saturated carbocycles. The van der Waals surface area contributed by atoms with E-state index in [-0.39, 0.29) is 5.91 Å². The number of ether oxygens (including phenoxy) is 1. The summed E-state index contributed by atoms with van der Waals surface area (Å²) in [6, 6.07) is 13.5. The highest BCUT2D eigenvalue weighted by molar-refractivity contribution is 5.96. The first kappa shape index (κ1) is 15.1. The molecule has 0 spiro atoms. The van der Waals surface area contributed by atoms with E-state index in [9.17, 15) is 4.79 Å². The van der Waals surface area contributed by atoms with Crippen molar-refractivity contribution in [1.29, 1.82) is 0 Å². The summed E-state index contributed by atoms with van der Waals surface area (Å²) in [5.74, 6) is 1.63. The van der Waals surface area contributed by atoms with Gasteiger partial charge < -0.3 is 9.64 Å². The average Bonchev–Trinajstić information content (AvgIpc) is 2.50. The standard InChI is InChI=1S/C18H21NO2/c1-5-19(4)18(20)16-11-14(3)17(12-13(16)2)21-15-9-7-6-8-10-15/h6-12H,5H2,1-4H3. The van der Waals surface area contributed by atoms with Gasteiger partial charge in [-0.05, 0) is 56.2 Å². The molecule has 0 aliphatic rings. The van der Waals surface area contributed by atoms with E-state index in [2.05, 4.69) is 0 Å². The van der Waals surface area contributed by atoms with Gasteiger partial charge in [-0.2, -0.15) is 0 Å². The maximum absolute atomic E-state index is 12.3. The molecular formula is C18H21NO2. The normalized spacial score (nSPS) is 10.3. The lowest BCUT2D eigenvalue weighted by atomic mass is 10.0. The zero-order chi connectivity index (χ0) is 15.4. The fourth-order valence-electron chi connectivity index (χ4n) is 2.09. The Kier molecular flexibility index (Phi) is 4.63. The van der Waals surface area contributed by atoms with Crippen LogP contribution in [0.2, 0.25) is 0 Å². The number of rotatable bonds is 4. The molecule has 0 aliphatic heterocycles. The smallest absolute Gasteiger partial charge is 0.253 e. The molecule has 0 aliphatic carbocycles. The molecule has 3 nitrogen and oxygen atoms in total. The van der Waals surface area contributed by atoms with Crippen LogP contribution in [0.1, 0.15) is 28.4 Å². The lowest BCUT2D eigenvalue weighted by Crippen LogP contribution is -2.27. The van der Waals surface area contributed by atoms with Crippen molar-refractivity contribution in [3.05, 3.63) is 59.2 Å². The van der Waals surface area contributed by atoms with Gasteiger partial charge in [-0.25, -0.2) is 0 Å². The number of nitrogens with zero attached hydrogens (tertiary/aromatic N) is 1. The topological polar surface area (TPSA) is 29.5 Å². The zero-order valence-corrected chi connectivity index (χ0v) is 13.0. The van der Waals surface area contributed by atoms with E-state index in [4.69, 9.17) is 4.74 Å². The van der Waals surface area contributed by atoms with Crippen molar-refractivity contribution in [3.63, 3.8) is 0 Å². The second-order valence-electron chi connectivity index (χ2n) is 5.17. The minimum atomic E-state index is 0.0457. The van der Waals surface area contributed by atoms with Crippen molar-refractivity contribution in [2.75, 3.05) is 13.6 Å². The highest BCUT2D eigenvalue weighted by Crippen LogP contribution is 2.28. The van der Waals surface area contributed by atoms with Crippen molar-refractivity contribution in [2.45, 2.75) is 20.8 Å². The molecule has 0 heterocycles. The van der Waals surface area contributed by atoms with Crippen molar-refractivity contribution in [2.24, 2.45) is 0 Å². The van der Waals surface area contributed by atoms with Crippen LogP contribution in [0, 0.1) is 13.8 Å². The monoisotopic (exact) mass is 283 g/mol. The van der Waals surface area contributed by atoms with Gasteiger partial charge in [0.05, 0.1) is 0 Å². The summed E-state index contributed by atoms with van der Waals surface area (Å²) in [7, 11) is 1.81. The predicted molar refractivity (Wildman–Crippen MR) is 85.1 cm³/mol. The van der Waals surface area contributed by atoms with Gasteiger partial charge in [-0.3, -0.25) is 4.79 Å². The number of carbonyl (C=O) groups is 1. The number of carbonyl (C=O) groups excluding carboxylic acids is 1. The first-order valence-electron chi connectivity index (χ1n) is 7.12. The van der Waals surface area contributed by atoms with Crippen LogP contribution in [-0.4, -0.2) is 24.4 Å². The Hall–Kier alpha value is -2.29. The second kappa shape index (κ2) is 6.44. The molecule has 0 fully saturated rings. The SMILES string of the molecule is CCN(C)C(=O)c1cc(C)c(Oc2ccccc2)cc1C. The molecule has 1 amide bonds. The largest absolute Gasteiger partial charge is 0.457 e. The lowest BCUT2D eigenvalue weighted by Gasteiger charge is -2.18. The zero-order valence-electron chi connectivity index (χ0n) is 13.0. The Morgan fingerprint density at radius 1 is 1.10 bits per heavy atom.